The third kappa shape index (κ3) is 5.04. The van der Waals surface area contributed by atoms with Gasteiger partial charge in [0.25, 0.3) is 0 Å². The van der Waals surface area contributed by atoms with Gasteiger partial charge in [0.1, 0.15) is 5.82 Å². The lowest BCUT2D eigenvalue weighted by atomic mass is 9.78. The lowest BCUT2D eigenvalue weighted by Crippen LogP contribution is -2.47. The Morgan fingerprint density at radius 1 is 1.24 bits per heavy atom. The van der Waals surface area contributed by atoms with Gasteiger partial charge in [-0.05, 0) is 49.9 Å². The minimum atomic E-state index is -0.507. The summed E-state index contributed by atoms with van der Waals surface area (Å²) >= 11 is 7.36. The molecule has 1 aliphatic rings. The standard InChI is InChI=1S/C21H22ClFN4OS/c22-16-4-2-5-17(19(16)23)28-15-7-9-21(24,10-8-15)13-14-3-1-6-18(26-14)27-20-25-11-12-29-20/h1-6,11-12,15H,7-10,13,24H2,(H,25,26,27)/t15-,21+. The molecule has 1 aliphatic carbocycles. The number of hydrogen-bond acceptors (Lipinski definition) is 6. The predicted molar refractivity (Wildman–Crippen MR) is 115 cm³/mol. The number of anilines is 2. The normalized spacial score (nSPS) is 21.7. The molecule has 0 unspecified atom stereocenters. The number of nitrogens with two attached hydrogens (primary N) is 1. The smallest absolute Gasteiger partial charge is 0.188 e. The van der Waals surface area contributed by atoms with Crippen molar-refractivity contribution >= 4 is 33.9 Å². The summed E-state index contributed by atoms with van der Waals surface area (Å²) in [5, 5.41) is 6.00. The summed E-state index contributed by atoms with van der Waals surface area (Å²) in [7, 11) is 0. The fraction of sp³-hybridized carbons (Fsp3) is 0.333. The zero-order valence-electron chi connectivity index (χ0n) is 15.8. The molecular weight excluding hydrogens is 411 g/mol. The molecule has 8 heteroatoms. The first kappa shape index (κ1) is 20.1. The number of thiazole rings is 1. The van der Waals surface area contributed by atoms with E-state index in [0.29, 0.717) is 6.42 Å². The van der Waals surface area contributed by atoms with Crippen molar-refractivity contribution in [1.29, 1.82) is 0 Å². The molecule has 0 radical (unpaired) electrons. The van der Waals surface area contributed by atoms with Gasteiger partial charge >= 0.3 is 0 Å². The first-order valence-electron chi connectivity index (χ1n) is 9.53. The Labute approximate surface area is 178 Å². The minimum absolute atomic E-state index is 0.0643. The van der Waals surface area contributed by atoms with Crippen LogP contribution in [0.2, 0.25) is 5.02 Å². The van der Waals surface area contributed by atoms with E-state index in [1.807, 2.05) is 23.6 Å². The monoisotopic (exact) mass is 432 g/mol. The molecule has 5 nitrogen and oxygen atoms in total. The topological polar surface area (TPSA) is 73.1 Å². The Hall–Kier alpha value is -2.22. The number of ether oxygens (including phenoxy) is 1. The molecule has 0 aliphatic heterocycles. The summed E-state index contributed by atoms with van der Waals surface area (Å²) in [6, 6.07) is 10.7. The van der Waals surface area contributed by atoms with Crippen LogP contribution in [0, 0.1) is 5.82 Å². The zero-order chi connectivity index (χ0) is 20.3. The van der Waals surface area contributed by atoms with Gasteiger partial charge in [0.2, 0.25) is 0 Å². The fourth-order valence-electron chi connectivity index (χ4n) is 3.62. The highest BCUT2D eigenvalue weighted by Gasteiger charge is 2.33. The number of hydrogen-bond donors (Lipinski definition) is 2. The summed E-state index contributed by atoms with van der Waals surface area (Å²) in [6.07, 6.45) is 5.46. The molecule has 0 atom stereocenters. The number of nitrogens with zero attached hydrogens (tertiary/aromatic N) is 2. The number of nitrogens with one attached hydrogen (secondary N) is 1. The SMILES string of the molecule is N[C@]1(Cc2cccc(Nc3nccs3)n2)CC[C@H](Oc2cccc(Cl)c2F)CC1. The van der Waals surface area contributed by atoms with Crippen LogP contribution in [0.4, 0.5) is 15.3 Å². The summed E-state index contributed by atoms with van der Waals surface area (Å²) in [5.41, 5.74) is 7.26. The fourth-order valence-corrected chi connectivity index (χ4v) is 4.32. The predicted octanol–water partition coefficient (Wildman–Crippen LogP) is 5.34. The van der Waals surface area contributed by atoms with E-state index in [0.717, 1.165) is 42.3 Å². The van der Waals surface area contributed by atoms with Crippen LogP contribution >= 0.6 is 22.9 Å². The average molecular weight is 433 g/mol. The van der Waals surface area contributed by atoms with Crippen LogP contribution in [-0.2, 0) is 6.42 Å². The molecule has 3 N–H and O–H groups in total. The Balaban J connectivity index is 1.35. The molecule has 0 spiro atoms. The summed E-state index contributed by atoms with van der Waals surface area (Å²) in [5.74, 6) is 0.455. The van der Waals surface area contributed by atoms with Crippen molar-refractivity contribution in [3.8, 4) is 5.75 Å². The molecule has 2 aromatic heterocycles. The summed E-state index contributed by atoms with van der Waals surface area (Å²) in [6.45, 7) is 0. The second kappa shape index (κ2) is 8.65. The number of rotatable bonds is 6. The van der Waals surface area contributed by atoms with Crippen LogP contribution in [0.25, 0.3) is 0 Å². The van der Waals surface area contributed by atoms with E-state index in [1.54, 1.807) is 18.3 Å². The van der Waals surface area contributed by atoms with E-state index in [2.05, 4.69) is 15.3 Å². The number of benzene rings is 1. The van der Waals surface area contributed by atoms with E-state index >= 15 is 0 Å². The molecule has 1 fully saturated rings. The molecule has 1 saturated carbocycles. The van der Waals surface area contributed by atoms with Crippen LogP contribution in [0.1, 0.15) is 31.4 Å². The van der Waals surface area contributed by atoms with Gasteiger partial charge in [-0.2, -0.15) is 0 Å². The lowest BCUT2D eigenvalue weighted by Gasteiger charge is -2.37. The molecule has 152 valence electrons. The second-order valence-electron chi connectivity index (χ2n) is 7.38. The van der Waals surface area contributed by atoms with Gasteiger partial charge in [0.05, 0.1) is 11.1 Å². The van der Waals surface area contributed by atoms with E-state index < -0.39 is 5.82 Å². The number of halogens is 2. The third-order valence-electron chi connectivity index (χ3n) is 5.15. The van der Waals surface area contributed by atoms with Gasteiger partial charge in [0.15, 0.2) is 16.7 Å². The first-order chi connectivity index (χ1) is 14.0. The zero-order valence-corrected chi connectivity index (χ0v) is 17.3. The van der Waals surface area contributed by atoms with Crippen LogP contribution in [-0.4, -0.2) is 21.6 Å². The van der Waals surface area contributed by atoms with Crippen molar-refractivity contribution in [3.05, 3.63) is 64.5 Å². The van der Waals surface area contributed by atoms with E-state index in [1.165, 1.54) is 17.4 Å². The molecule has 2 heterocycles. The van der Waals surface area contributed by atoms with Crippen LogP contribution in [0.5, 0.6) is 5.75 Å². The van der Waals surface area contributed by atoms with Gasteiger partial charge in [-0.15, -0.1) is 11.3 Å². The number of aromatic nitrogens is 2. The Bertz CT molecular complexity index is 961. The van der Waals surface area contributed by atoms with Crippen molar-refractivity contribution < 1.29 is 9.13 Å². The van der Waals surface area contributed by atoms with Crippen LogP contribution < -0.4 is 15.8 Å². The van der Waals surface area contributed by atoms with E-state index in [9.17, 15) is 4.39 Å². The van der Waals surface area contributed by atoms with Gasteiger partial charge < -0.3 is 15.8 Å². The van der Waals surface area contributed by atoms with Crippen molar-refractivity contribution in [1.82, 2.24) is 9.97 Å². The first-order valence-corrected chi connectivity index (χ1v) is 10.8. The molecule has 0 saturated heterocycles. The van der Waals surface area contributed by atoms with Crippen molar-refractivity contribution in [2.75, 3.05) is 5.32 Å². The molecular formula is C21H22ClFN4OS. The van der Waals surface area contributed by atoms with Gasteiger partial charge in [-0.3, -0.25) is 0 Å². The van der Waals surface area contributed by atoms with E-state index in [-0.39, 0.29) is 22.4 Å². The molecule has 0 bridgehead atoms. The van der Waals surface area contributed by atoms with Crippen molar-refractivity contribution in [2.24, 2.45) is 5.73 Å². The third-order valence-corrected chi connectivity index (χ3v) is 6.13. The summed E-state index contributed by atoms with van der Waals surface area (Å²) < 4.78 is 19.9. The highest BCUT2D eigenvalue weighted by atomic mass is 35.5. The van der Waals surface area contributed by atoms with E-state index in [4.69, 9.17) is 22.1 Å². The second-order valence-corrected chi connectivity index (χ2v) is 8.69. The quantitative estimate of drug-likeness (QED) is 0.550. The Morgan fingerprint density at radius 2 is 2.03 bits per heavy atom. The molecule has 1 aromatic carbocycles. The van der Waals surface area contributed by atoms with Crippen molar-refractivity contribution in [2.45, 2.75) is 43.7 Å². The molecule has 29 heavy (non-hydrogen) atoms. The highest BCUT2D eigenvalue weighted by Crippen LogP contribution is 2.33. The lowest BCUT2D eigenvalue weighted by molar-refractivity contribution is 0.113. The Kier molecular flexibility index (Phi) is 5.99. The Morgan fingerprint density at radius 3 is 2.79 bits per heavy atom. The van der Waals surface area contributed by atoms with Gasteiger partial charge in [-0.1, -0.05) is 23.7 Å². The maximum Gasteiger partial charge on any atom is 0.188 e. The minimum Gasteiger partial charge on any atom is -0.487 e. The van der Waals surface area contributed by atoms with Crippen LogP contribution in [0.3, 0.4) is 0 Å². The van der Waals surface area contributed by atoms with Gasteiger partial charge in [0, 0.05) is 29.2 Å². The number of pyridine rings is 1. The highest BCUT2D eigenvalue weighted by molar-refractivity contribution is 7.13. The maximum atomic E-state index is 14.1. The molecule has 4 rings (SSSR count). The van der Waals surface area contributed by atoms with Crippen molar-refractivity contribution in [3.63, 3.8) is 0 Å². The summed E-state index contributed by atoms with van der Waals surface area (Å²) in [4.78, 5) is 8.89. The van der Waals surface area contributed by atoms with Gasteiger partial charge in [-0.25, -0.2) is 14.4 Å². The molecule has 0 amide bonds. The van der Waals surface area contributed by atoms with Crippen LogP contribution in [0.15, 0.2) is 48.0 Å². The molecule has 3 aromatic rings. The average Bonchev–Trinajstić information content (AvgIpc) is 3.20. The maximum absolute atomic E-state index is 14.1. The largest absolute Gasteiger partial charge is 0.487 e.